The minimum absolute atomic E-state index is 0.380. The maximum Gasteiger partial charge on any atom is 0.226 e. The highest BCUT2D eigenvalue weighted by molar-refractivity contribution is 5.80. The summed E-state index contributed by atoms with van der Waals surface area (Å²) in [6.07, 6.45) is 8.20. The first-order valence-electron chi connectivity index (χ1n) is 9.31. The van der Waals surface area contributed by atoms with E-state index in [1.54, 1.807) is 16.7 Å². The lowest BCUT2D eigenvalue weighted by Crippen LogP contribution is -2.29. The van der Waals surface area contributed by atoms with Crippen LogP contribution in [0.3, 0.4) is 0 Å². The van der Waals surface area contributed by atoms with Crippen LogP contribution in [-0.4, -0.2) is 37.7 Å². The molecule has 7 nitrogen and oxygen atoms in total. The largest absolute Gasteiger partial charge is 0.368 e. The van der Waals surface area contributed by atoms with E-state index in [4.69, 9.17) is 5.73 Å². The minimum Gasteiger partial charge on any atom is -0.368 e. The Bertz CT molecular complexity index is 1210. The third-order valence-electron chi connectivity index (χ3n) is 5.14. The predicted octanol–water partition coefficient (Wildman–Crippen LogP) is 3.20. The van der Waals surface area contributed by atoms with Crippen LogP contribution in [0, 0.1) is 5.95 Å². The van der Waals surface area contributed by atoms with Gasteiger partial charge >= 0.3 is 0 Å². The summed E-state index contributed by atoms with van der Waals surface area (Å²) in [5.74, 6) is 0.750. The first-order chi connectivity index (χ1) is 14.2. The smallest absolute Gasteiger partial charge is 0.226 e. The molecule has 0 radical (unpaired) electrons. The number of hydrogen-bond acceptors (Lipinski definition) is 6. The molecule has 0 unspecified atom stereocenters. The fourth-order valence-electron chi connectivity index (χ4n) is 3.70. The second kappa shape index (κ2) is 6.97. The Morgan fingerprint density at radius 3 is 2.69 bits per heavy atom. The van der Waals surface area contributed by atoms with Gasteiger partial charge in [-0.1, -0.05) is 6.08 Å². The van der Waals surface area contributed by atoms with Gasteiger partial charge in [0.1, 0.15) is 5.82 Å². The van der Waals surface area contributed by atoms with Crippen LogP contribution in [0.4, 0.5) is 16.2 Å². The van der Waals surface area contributed by atoms with Gasteiger partial charge in [-0.05, 0) is 48.4 Å². The summed E-state index contributed by atoms with van der Waals surface area (Å²) in [4.78, 5) is 10.6. The summed E-state index contributed by atoms with van der Waals surface area (Å²) in [7, 11) is 0. The second-order valence-electron chi connectivity index (χ2n) is 6.84. The quantitative estimate of drug-likeness (QED) is 0.544. The molecule has 4 aromatic rings. The van der Waals surface area contributed by atoms with Crippen molar-refractivity contribution in [3.8, 4) is 11.1 Å². The molecule has 0 saturated carbocycles. The van der Waals surface area contributed by atoms with Crippen molar-refractivity contribution in [3.05, 3.63) is 72.6 Å². The normalized spacial score (nSPS) is 14.2. The van der Waals surface area contributed by atoms with Crippen molar-refractivity contribution >= 4 is 23.0 Å². The van der Waals surface area contributed by atoms with Gasteiger partial charge in [-0.15, -0.1) is 10.2 Å². The summed E-state index contributed by atoms with van der Waals surface area (Å²) in [6.45, 7) is 1.51. The molecule has 1 aliphatic rings. The van der Waals surface area contributed by atoms with Gasteiger partial charge in [-0.25, -0.2) is 9.97 Å². The number of pyridine rings is 3. The summed E-state index contributed by atoms with van der Waals surface area (Å²) < 4.78 is 15.0. The summed E-state index contributed by atoms with van der Waals surface area (Å²) in [5, 5.41) is 8.19. The van der Waals surface area contributed by atoms with Gasteiger partial charge in [0.15, 0.2) is 5.65 Å². The molecule has 8 heteroatoms. The van der Waals surface area contributed by atoms with Crippen molar-refractivity contribution in [3.63, 3.8) is 0 Å². The fourth-order valence-corrected chi connectivity index (χ4v) is 3.70. The SMILES string of the molecule is Nc1nnc2c(C3=CCN(c4ncccc4-c4ccc(F)nc4)CC3)cccn12. The van der Waals surface area contributed by atoms with Crippen LogP contribution in [-0.2, 0) is 0 Å². The van der Waals surface area contributed by atoms with Crippen molar-refractivity contribution in [2.24, 2.45) is 0 Å². The Balaban J connectivity index is 1.46. The number of aromatic nitrogens is 5. The van der Waals surface area contributed by atoms with E-state index in [1.165, 1.54) is 17.8 Å². The van der Waals surface area contributed by atoms with E-state index < -0.39 is 5.95 Å². The highest BCUT2D eigenvalue weighted by atomic mass is 19.1. The van der Waals surface area contributed by atoms with E-state index in [0.29, 0.717) is 12.5 Å². The number of rotatable bonds is 3. The molecule has 0 saturated heterocycles. The van der Waals surface area contributed by atoms with Gasteiger partial charge in [0.25, 0.3) is 0 Å². The molecule has 0 aromatic carbocycles. The first kappa shape index (κ1) is 17.3. The van der Waals surface area contributed by atoms with Crippen LogP contribution < -0.4 is 10.6 Å². The van der Waals surface area contributed by atoms with E-state index in [2.05, 4.69) is 31.1 Å². The molecule has 0 atom stereocenters. The maximum absolute atomic E-state index is 13.2. The lowest BCUT2D eigenvalue weighted by Gasteiger charge is -2.29. The molecule has 4 aromatic heterocycles. The molecule has 1 aliphatic heterocycles. The summed E-state index contributed by atoms with van der Waals surface area (Å²) in [5.41, 5.74) is 10.7. The average molecular weight is 387 g/mol. The second-order valence-corrected chi connectivity index (χ2v) is 6.84. The number of nitrogens with two attached hydrogens (primary N) is 1. The van der Waals surface area contributed by atoms with Crippen molar-refractivity contribution in [1.29, 1.82) is 0 Å². The Morgan fingerprint density at radius 2 is 1.90 bits per heavy atom. The van der Waals surface area contributed by atoms with Crippen LogP contribution in [0.1, 0.15) is 12.0 Å². The highest BCUT2D eigenvalue weighted by Crippen LogP contribution is 2.32. The van der Waals surface area contributed by atoms with Crippen molar-refractivity contribution in [2.75, 3.05) is 23.7 Å². The Hall–Kier alpha value is -3.81. The van der Waals surface area contributed by atoms with Gasteiger partial charge in [0.2, 0.25) is 11.9 Å². The molecule has 0 fully saturated rings. The van der Waals surface area contributed by atoms with Crippen LogP contribution in [0.2, 0.25) is 0 Å². The standard InChI is InChI=1S/C21H18FN7/c22-18-6-5-15(13-25-18)17-3-1-9-24-19(17)28-11-7-14(8-12-28)16-4-2-10-29-20(16)26-27-21(29)23/h1-7,9-10,13H,8,11-12H2,(H2,23,27). The Kier molecular flexibility index (Phi) is 4.16. The van der Waals surface area contributed by atoms with Gasteiger partial charge in [0.05, 0.1) is 0 Å². The van der Waals surface area contributed by atoms with E-state index in [1.807, 2.05) is 30.5 Å². The summed E-state index contributed by atoms with van der Waals surface area (Å²) in [6, 6.07) is 10.9. The number of fused-ring (bicyclic) bond motifs is 1. The van der Waals surface area contributed by atoms with Gasteiger partial charge in [-0.3, -0.25) is 4.40 Å². The topological polar surface area (TPSA) is 85.2 Å². The molecule has 5 heterocycles. The van der Waals surface area contributed by atoms with E-state index in [-0.39, 0.29) is 0 Å². The zero-order chi connectivity index (χ0) is 19.8. The number of halogens is 1. The molecular weight excluding hydrogens is 369 g/mol. The molecule has 29 heavy (non-hydrogen) atoms. The van der Waals surface area contributed by atoms with Gasteiger partial charge in [0, 0.05) is 48.4 Å². The van der Waals surface area contributed by atoms with E-state index in [9.17, 15) is 4.39 Å². The zero-order valence-electron chi connectivity index (χ0n) is 15.5. The molecule has 0 spiro atoms. The average Bonchev–Trinajstić information content (AvgIpc) is 3.16. The van der Waals surface area contributed by atoms with E-state index in [0.717, 1.165) is 41.1 Å². The molecule has 5 rings (SSSR count). The molecule has 144 valence electrons. The van der Waals surface area contributed by atoms with Crippen LogP contribution in [0.5, 0.6) is 0 Å². The van der Waals surface area contributed by atoms with Crippen molar-refractivity contribution < 1.29 is 4.39 Å². The lowest BCUT2D eigenvalue weighted by atomic mass is 9.99. The highest BCUT2D eigenvalue weighted by Gasteiger charge is 2.20. The summed E-state index contributed by atoms with van der Waals surface area (Å²) >= 11 is 0. The van der Waals surface area contributed by atoms with Crippen molar-refractivity contribution in [1.82, 2.24) is 24.6 Å². The number of hydrogen-bond donors (Lipinski definition) is 1. The fraction of sp³-hybridized carbons (Fsp3) is 0.143. The van der Waals surface area contributed by atoms with E-state index >= 15 is 0 Å². The third-order valence-corrected chi connectivity index (χ3v) is 5.14. The molecule has 0 amide bonds. The Morgan fingerprint density at radius 1 is 1.00 bits per heavy atom. The monoisotopic (exact) mass is 387 g/mol. The molecule has 2 N–H and O–H groups in total. The van der Waals surface area contributed by atoms with Crippen LogP contribution in [0.15, 0.2) is 61.1 Å². The predicted molar refractivity (Wildman–Crippen MR) is 110 cm³/mol. The lowest BCUT2D eigenvalue weighted by molar-refractivity contribution is 0.584. The number of anilines is 2. The minimum atomic E-state index is -0.493. The Labute approximate surface area is 166 Å². The van der Waals surface area contributed by atoms with Gasteiger partial charge in [-0.2, -0.15) is 4.39 Å². The molecule has 0 aliphatic carbocycles. The van der Waals surface area contributed by atoms with Gasteiger partial charge < -0.3 is 10.6 Å². The van der Waals surface area contributed by atoms with Crippen LogP contribution in [0.25, 0.3) is 22.3 Å². The zero-order valence-corrected chi connectivity index (χ0v) is 15.5. The number of nitrogens with zero attached hydrogens (tertiary/aromatic N) is 6. The first-order valence-corrected chi connectivity index (χ1v) is 9.31. The number of nitrogen functional groups attached to an aromatic ring is 1. The van der Waals surface area contributed by atoms with Crippen LogP contribution >= 0.6 is 0 Å². The molecular formula is C21H18FN7. The molecule has 0 bridgehead atoms. The van der Waals surface area contributed by atoms with Crippen molar-refractivity contribution in [2.45, 2.75) is 6.42 Å². The maximum atomic E-state index is 13.2. The third kappa shape index (κ3) is 3.08.